The van der Waals surface area contributed by atoms with Gasteiger partial charge in [-0.05, 0) is 36.8 Å². The van der Waals surface area contributed by atoms with Gasteiger partial charge in [0.15, 0.2) is 11.6 Å². The molecule has 3 aromatic rings. The van der Waals surface area contributed by atoms with Gasteiger partial charge in [-0.1, -0.05) is 30.3 Å². The molecule has 0 N–H and O–H groups in total. The molecule has 0 unspecified atom stereocenters. The third kappa shape index (κ3) is 5.50. The molecule has 2 heterocycles. The summed E-state index contributed by atoms with van der Waals surface area (Å²) >= 11 is 0. The molecule has 0 fully saturated rings. The molecule has 176 valence electrons. The Morgan fingerprint density at radius 1 is 1.15 bits per heavy atom. The predicted octanol–water partition coefficient (Wildman–Crippen LogP) is 4.00. The van der Waals surface area contributed by atoms with E-state index in [-0.39, 0.29) is 10.6 Å². The zero-order valence-corrected chi connectivity index (χ0v) is 18.9. The molecule has 1 atom stereocenters. The number of pyridine rings is 1. The Morgan fingerprint density at radius 3 is 2.59 bits per heavy atom. The summed E-state index contributed by atoms with van der Waals surface area (Å²) in [5, 5.41) is 12.3. The van der Waals surface area contributed by atoms with E-state index in [1.165, 1.54) is 12.0 Å². The van der Waals surface area contributed by atoms with Crippen LogP contribution in [0.5, 0.6) is 5.75 Å². The number of nitro groups is 1. The number of aromatic nitrogens is 1. The van der Waals surface area contributed by atoms with Gasteiger partial charge in [-0.2, -0.15) is 13.5 Å². The van der Waals surface area contributed by atoms with E-state index < -0.39 is 21.1 Å². The van der Waals surface area contributed by atoms with Gasteiger partial charge in [-0.15, -0.1) is 0 Å². The van der Waals surface area contributed by atoms with Crippen molar-refractivity contribution in [1.29, 1.82) is 0 Å². The molecule has 4 rings (SSSR count). The molecule has 11 heteroatoms. The quantitative estimate of drug-likeness (QED) is 0.252. The smallest absolute Gasteiger partial charge is 0.297 e. The Morgan fingerprint density at radius 2 is 1.88 bits per heavy atom. The van der Waals surface area contributed by atoms with Gasteiger partial charge in [0, 0.05) is 24.4 Å². The second kappa shape index (κ2) is 9.89. The molecule has 0 saturated carbocycles. The molecule has 0 spiro atoms. The largest absolute Gasteiger partial charge is 0.489 e. The fourth-order valence-electron chi connectivity index (χ4n) is 3.15. The van der Waals surface area contributed by atoms with Crippen LogP contribution in [-0.2, 0) is 25.7 Å². The first-order valence-electron chi connectivity index (χ1n) is 10.3. The van der Waals surface area contributed by atoms with Crippen LogP contribution in [0.1, 0.15) is 12.5 Å². The van der Waals surface area contributed by atoms with Gasteiger partial charge in [-0.25, -0.2) is 4.98 Å². The maximum Gasteiger partial charge on any atom is 0.297 e. The van der Waals surface area contributed by atoms with Crippen LogP contribution in [0.15, 0.2) is 89.7 Å². The number of hydrogen-bond donors (Lipinski definition) is 0. The van der Waals surface area contributed by atoms with Crippen molar-refractivity contribution in [3.05, 3.63) is 100 Å². The molecule has 0 amide bonds. The van der Waals surface area contributed by atoms with Gasteiger partial charge < -0.3 is 9.57 Å². The Balaban J connectivity index is 1.36. The Hall–Kier alpha value is -3.96. The van der Waals surface area contributed by atoms with Crippen molar-refractivity contribution in [3.8, 4) is 5.75 Å². The molecular weight excluding hydrogens is 462 g/mol. The molecule has 1 aliphatic rings. The van der Waals surface area contributed by atoms with Gasteiger partial charge in [0.2, 0.25) is 0 Å². The second-order valence-electron chi connectivity index (χ2n) is 7.33. The highest BCUT2D eigenvalue weighted by Gasteiger charge is 2.28. The van der Waals surface area contributed by atoms with Crippen molar-refractivity contribution >= 4 is 21.6 Å². The summed E-state index contributed by atoms with van der Waals surface area (Å²) in [7, 11) is -4.16. The molecule has 0 bridgehead atoms. The standard InChI is InChI=1S/C23H21N3O7S/c1-17(33-34(29,30)21-9-7-19(8-10-21)26(27)28)22-12-14-25(32-22)23-15-20(11-13-24-23)31-16-18-5-3-2-4-6-18/h2-13,15,17H,14,16H2,1H3/t17-/m1/s1. The lowest BCUT2D eigenvalue weighted by Gasteiger charge is -2.20. The number of anilines is 1. The predicted molar refractivity (Wildman–Crippen MR) is 122 cm³/mol. The first kappa shape index (κ1) is 23.2. The number of benzene rings is 2. The molecule has 0 aliphatic carbocycles. The van der Waals surface area contributed by atoms with Crippen molar-refractivity contribution in [2.45, 2.75) is 24.5 Å². The van der Waals surface area contributed by atoms with E-state index in [9.17, 15) is 18.5 Å². The molecule has 1 aromatic heterocycles. The van der Waals surface area contributed by atoms with Crippen LogP contribution in [-0.4, -0.2) is 31.0 Å². The van der Waals surface area contributed by atoms with Crippen molar-refractivity contribution in [2.75, 3.05) is 11.6 Å². The first-order valence-corrected chi connectivity index (χ1v) is 11.7. The van der Waals surface area contributed by atoms with E-state index >= 15 is 0 Å². The summed E-state index contributed by atoms with van der Waals surface area (Å²) < 4.78 is 36.2. The van der Waals surface area contributed by atoms with Crippen LogP contribution in [0.2, 0.25) is 0 Å². The van der Waals surface area contributed by atoms with Gasteiger partial charge >= 0.3 is 0 Å². The summed E-state index contributed by atoms with van der Waals surface area (Å²) in [6, 6.07) is 17.7. The van der Waals surface area contributed by atoms with Crippen molar-refractivity contribution in [2.24, 2.45) is 0 Å². The Kier molecular flexibility index (Phi) is 6.75. The van der Waals surface area contributed by atoms with Crippen LogP contribution >= 0.6 is 0 Å². The number of hydrogen-bond acceptors (Lipinski definition) is 9. The SMILES string of the molecule is C[C@@H](OS(=O)(=O)c1ccc([N+](=O)[O-])cc1)C1=CCN(c2cc(OCc3ccccc3)ccn2)O1. The zero-order valence-electron chi connectivity index (χ0n) is 18.1. The minimum atomic E-state index is -4.16. The minimum Gasteiger partial charge on any atom is -0.489 e. The monoisotopic (exact) mass is 483 g/mol. The number of non-ortho nitro benzene ring substituents is 1. The van der Waals surface area contributed by atoms with Crippen LogP contribution in [0.3, 0.4) is 0 Å². The summed E-state index contributed by atoms with van der Waals surface area (Å²) in [4.78, 5) is 20.0. The number of hydroxylamine groups is 1. The average Bonchev–Trinajstić information content (AvgIpc) is 3.34. The van der Waals surface area contributed by atoms with Crippen LogP contribution < -0.4 is 9.80 Å². The first-order chi connectivity index (χ1) is 16.3. The molecular formula is C23H21N3O7S. The van der Waals surface area contributed by atoms with E-state index in [4.69, 9.17) is 13.8 Å². The van der Waals surface area contributed by atoms with Crippen LogP contribution in [0.25, 0.3) is 0 Å². The van der Waals surface area contributed by atoms with E-state index in [1.54, 1.807) is 24.4 Å². The van der Waals surface area contributed by atoms with Gasteiger partial charge in [0.25, 0.3) is 15.8 Å². The topological polar surface area (TPSA) is 121 Å². The highest BCUT2D eigenvalue weighted by atomic mass is 32.2. The number of nitrogens with zero attached hydrogens (tertiary/aromatic N) is 3. The van der Waals surface area contributed by atoms with Crippen molar-refractivity contribution in [3.63, 3.8) is 0 Å². The third-order valence-corrected chi connectivity index (χ3v) is 6.29. The lowest BCUT2D eigenvalue weighted by atomic mass is 10.2. The average molecular weight is 484 g/mol. The summed E-state index contributed by atoms with van der Waals surface area (Å²) in [5.41, 5.74) is 0.814. The van der Waals surface area contributed by atoms with Crippen LogP contribution in [0.4, 0.5) is 11.5 Å². The van der Waals surface area contributed by atoms with E-state index in [1.807, 2.05) is 30.3 Å². The normalized spacial score (nSPS) is 14.3. The third-order valence-electron chi connectivity index (χ3n) is 4.90. The molecule has 34 heavy (non-hydrogen) atoms. The van der Waals surface area contributed by atoms with Crippen molar-refractivity contribution in [1.82, 2.24) is 4.98 Å². The number of ether oxygens (including phenoxy) is 1. The maximum atomic E-state index is 12.5. The maximum absolute atomic E-state index is 12.5. The van der Waals surface area contributed by atoms with Gasteiger partial charge in [-0.3, -0.25) is 14.3 Å². The highest BCUT2D eigenvalue weighted by molar-refractivity contribution is 7.86. The zero-order chi connectivity index (χ0) is 24.1. The summed E-state index contributed by atoms with van der Waals surface area (Å²) in [6.45, 7) is 2.26. The van der Waals surface area contributed by atoms with Gasteiger partial charge in [0.1, 0.15) is 18.5 Å². The Bertz CT molecular complexity index is 1300. The summed E-state index contributed by atoms with van der Waals surface area (Å²) in [6.07, 6.45) is 2.35. The lowest BCUT2D eigenvalue weighted by Crippen LogP contribution is -2.23. The number of rotatable bonds is 9. The van der Waals surface area contributed by atoms with Crippen LogP contribution in [0, 0.1) is 10.1 Å². The van der Waals surface area contributed by atoms with Crippen molar-refractivity contribution < 1.29 is 27.1 Å². The van der Waals surface area contributed by atoms with E-state index in [0.717, 1.165) is 29.8 Å². The molecule has 0 radical (unpaired) electrons. The highest BCUT2D eigenvalue weighted by Crippen LogP contribution is 2.27. The Labute approximate surface area is 196 Å². The molecule has 0 saturated heterocycles. The van der Waals surface area contributed by atoms with Gasteiger partial charge in [0.05, 0.1) is 16.4 Å². The lowest BCUT2D eigenvalue weighted by molar-refractivity contribution is -0.384. The number of nitro benzene ring substituents is 1. The molecule has 1 aliphatic heterocycles. The van der Waals surface area contributed by atoms with E-state index in [2.05, 4.69) is 4.98 Å². The minimum absolute atomic E-state index is 0.190. The summed E-state index contributed by atoms with van der Waals surface area (Å²) in [5.74, 6) is 1.39. The fraction of sp³-hybridized carbons (Fsp3) is 0.174. The fourth-order valence-corrected chi connectivity index (χ4v) is 4.20. The second-order valence-corrected chi connectivity index (χ2v) is 8.90. The molecule has 10 nitrogen and oxygen atoms in total. The van der Waals surface area contributed by atoms with E-state index in [0.29, 0.717) is 30.5 Å². The molecule has 2 aromatic carbocycles.